The largest absolute Gasteiger partial charge is 0.508 e. The van der Waals surface area contributed by atoms with E-state index in [1.807, 2.05) is 23.1 Å². The second-order valence-electron chi connectivity index (χ2n) is 17.3. The summed E-state index contributed by atoms with van der Waals surface area (Å²) in [7, 11) is 0. The molecule has 2 N–H and O–H groups in total. The number of benzene rings is 4. The van der Waals surface area contributed by atoms with Gasteiger partial charge in [-0.2, -0.15) is 0 Å². The Morgan fingerprint density at radius 2 is 1.49 bits per heavy atom. The number of hydrogen-bond donors (Lipinski definition) is 2. The van der Waals surface area contributed by atoms with Gasteiger partial charge >= 0.3 is 0 Å². The molecule has 0 spiro atoms. The Morgan fingerprint density at radius 3 is 2.19 bits per heavy atom. The summed E-state index contributed by atoms with van der Waals surface area (Å²) in [5.74, 6) is 1.40. The average molecular weight is 763 g/mol. The van der Waals surface area contributed by atoms with E-state index in [4.69, 9.17) is 0 Å². The number of carbonyl (C=O) groups excluding carboxylic acids is 3. The number of aryl methyl sites for hydroxylation is 2. The van der Waals surface area contributed by atoms with Gasteiger partial charge in [-0.1, -0.05) is 78.9 Å². The topological polar surface area (TPSA) is 93.2 Å². The average Bonchev–Trinajstić information content (AvgIpc) is 3.76. The zero-order valence-corrected chi connectivity index (χ0v) is 33.1. The van der Waals surface area contributed by atoms with Crippen LogP contribution in [-0.4, -0.2) is 62.7 Å². The van der Waals surface area contributed by atoms with Gasteiger partial charge in [-0.05, 0) is 141 Å². The highest BCUT2D eigenvalue weighted by Crippen LogP contribution is 2.47. The number of carbonyl (C=O) groups is 3. The fourth-order valence-corrected chi connectivity index (χ4v) is 10.4. The minimum absolute atomic E-state index is 0.0745. The summed E-state index contributed by atoms with van der Waals surface area (Å²) in [6, 6.07) is 30.0. The standard InChI is InChI=1S/C26H32N4O3.C23H22O/c1-16-3-8-23(24(31)27-16)30-15-20-11-18-13-29(14-19(18)12-22(20)26(30)33)25(32)17-4-6-21(7-5-17)28-9-2-10-28;1-16-7-9-18(10-8-16)23-21(17-5-3-2-4-6-17)13-11-19-15-20(24)12-14-22(19)23/h11-12,17,21,23H,1-10,13-15H2,(H,27,31);2-10,12,14-15,21,23-24H,11,13H2,1H3. The minimum Gasteiger partial charge on any atom is -0.508 e. The number of nitrogens with zero attached hydrogens (tertiary/aromatic N) is 3. The first-order valence-corrected chi connectivity index (χ1v) is 21.1. The van der Waals surface area contributed by atoms with E-state index in [-0.39, 0.29) is 23.6 Å². The Balaban J connectivity index is 0.000000156. The number of hydrogen-bond acceptors (Lipinski definition) is 5. The van der Waals surface area contributed by atoms with Crippen molar-refractivity contribution in [3.05, 3.63) is 147 Å². The number of allylic oxidation sites excluding steroid dienone is 1. The molecule has 6 aliphatic rings. The van der Waals surface area contributed by atoms with E-state index in [9.17, 15) is 19.5 Å². The SMILES string of the molecule is C=C1CCC(N2Cc3cc4c(cc3C2=O)CN(C(=O)C2CCC(N3CCC3)CC2)C4)C(=O)N1.Cc1ccc(C2c3ccc(O)cc3CCC2c2ccccc2)cc1. The fourth-order valence-electron chi connectivity index (χ4n) is 10.4. The van der Waals surface area contributed by atoms with Crippen LogP contribution in [0.1, 0.15) is 118 Å². The van der Waals surface area contributed by atoms with Crippen LogP contribution in [0.25, 0.3) is 0 Å². The summed E-state index contributed by atoms with van der Waals surface area (Å²) < 4.78 is 0. The van der Waals surface area contributed by atoms with E-state index in [1.165, 1.54) is 47.3 Å². The first kappa shape index (κ1) is 37.4. The van der Waals surface area contributed by atoms with Gasteiger partial charge in [0.25, 0.3) is 5.91 Å². The van der Waals surface area contributed by atoms with E-state index < -0.39 is 6.04 Å². The van der Waals surface area contributed by atoms with Gasteiger partial charge in [-0.15, -0.1) is 0 Å². The molecule has 0 radical (unpaired) electrons. The van der Waals surface area contributed by atoms with Crippen LogP contribution in [0, 0.1) is 12.8 Å². The molecule has 2 aliphatic carbocycles. The zero-order chi connectivity index (χ0) is 39.2. The van der Waals surface area contributed by atoms with Crippen molar-refractivity contribution in [2.75, 3.05) is 13.1 Å². The number of amides is 3. The van der Waals surface area contributed by atoms with Crippen LogP contribution in [0.4, 0.5) is 0 Å². The maximum Gasteiger partial charge on any atom is 0.255 e. The quantitative estimate of drug-likeness (QED) is 0.215. The zero-order valence-electron chi connectivity index (χ0n) is 33.1. The molecular formula is C49H54N4O4. The second-order valence-corrected chi connectivity index (χ2v) is 17.3. The van der Waals surface area contributed by atoms with Crippen LogP contribution < -0.4 is 5.32 Å². The number of phenols is 1. The molecule has 8 nitrogen and oxygen atoms in total. The number of rotatable bonds is 5. The molecule has 1 saturated carbocycles. The number of aromatic hydroxyl groups is 1. The molecular weight excluding hydrogens is 709 g/mol. The van der Waals surface area contributed by atoms with Crippen molar-refractivity contribution < 1.29 is 19.5 Å². The maximum atomic E-state index is 13.3. The molecule has 57 heavy (non-hydrogen) atoms. The highest BCUT2D eigenvalue weighted by atomic mass is 16.3. The molecule has 0 aromatic heterocycles. The number of nitrogens with one attached hydrogen (secondary N) is 1. The molecule has 4 aromatic rings. The molecule has 294 valence electrons. The Labute approximate surface area is 336 Å². The third kappa shape index (κ3) is 7.40. The smallest absolute Gasteiger partial charge is 0.255 e. The second kappa shape index (κ2) is 15.6. The van der Waals surface area contributed by atoms with E-state index in [0.717, 1.165) is 60.9 Å². The maximum absolute atomic E-state index is 13.3. The number of piperidine rings is 1. The van der Waals surface area contributed by atoms with Crippen LogP contribution in [0.5, 0.6) is 5.75 Å². The van der Waals surface area contributed by atoms with Crippen molar-refractivity contribution in [1.82, 2.24) is 20.0 Å². The van der Waals surface area contributed by atoms with Crippen LogP contribution in [0.3, 0.4) is 0 Å². The van der Waals surface area contributed by atoms with Crippen LogP contribution in [0.15, 0.2) is 97.2 Å². The van der Waals surface area contributed by atoms with Gasteiger partial charge in [-0.3, -0.25) is 14.4 Å². The van der Waals surface area contributed by atoms with Crippen molar-refractivity contribution in [2.24, 2.45) is 5.92 Å². The van der Waals surface area contributed by atoms with Gasteiger partial charge in [-0.25, -0.2) is 0 Å². The normalized spacial score (nSPS) is 25.4. The Hall–Kier alpha value is -5.21. The first-order chi connectivity index (χ1) is 27.7. The Kier molecular flexibility index (Phi) is 10.2. The third-order valence-corrected chi connectivity index (χ3v) is 13.7. The lowest BCUT2D eigenvalue weighted by Gasteiger charge is -2.42. The molecule has 4 heterocycles. The molecule has 8 heteroatoms. The van der Waals surface area contributed by atoms with Gasteiger partial charge in [0.1, 0.15) is 11.8 Å². The third-order valence-electron chi connectivity index (χ3n) is 13.7. The van der Waals surface area contributed by atoms with Crippen LogP contribution in [-0.2, 0) is 35.6 Å². The van der Waals surface area contributed by atoms with Crippen LogP contribution >= 0.6 is 0 Å². The predicted molar refractivity (Wildman–Crippen MR) is 221 cm³/mol. The van der Waals surface area contributed by atoms with Crippen molar-refractivity contribution in [3.63, 3.8) is 0 Å². The fraction of sp³-hybridized carbons (Fsp3) is 0.408. The number of phenolic OH excluding ortho intramolecular Hbond substituents is 1. The molecule has 4 aromatic carbocycles. The molecule has 3 unspecified atom stereocenters. The monoisotopic (exact) mass is 762 g/mol. The Morgan fingerprint density at radius 1 is 0.754 bits per heavy atom. The molecule has 2 saturated heterocycles. The highest BCUT2D eigenvalue weighted by Gasteiger charge is 2.40. The van der Waals surface area contributed by atoms with E-state index in [1.54, 1.807) is 4.90 Å². The number of fused-ring (bicyclic) bond motifs is 3. The molecule has 10 rings (SSSR count). The lowest BCUT2D eigenvalue weighted by atomic mass is 9.69. The summed E-state index contributed by atoms with van der Waals surface area (Å²) in [5.41, 5.74) is 11.3. The summed E-state index contributed by atoms with van der Waals surface area (Å²) in [6.45, 7) is 10.1. The molecule has 3 fully saturated rings. The molecule has 0 bridgehead atoms. The van der Waals surface area contributed by atoms with Crippen molar-refractivity contribution in [2.45, 2.75) is 108 Å². The van der Waals surface area contributed by atoms with Crippen molar-refractivity contribution >= 4 is 17.7 Å². The molecule has 3 amide bonds. The summed E-state index contributed by atoms with van der Waals surface area (Å²) >= 11 is 0. The van der Waals surface area contributed by atoms with Crippen molar-refractivity contribution in [1.29, 1.82) is 0 Å². The van der Waals surface area contributed by atoms with Crippen LogP contribution in [0.2, 0.25) is 0 Å². The summed E-state index contributed by atoms with van der Waals surface area (Å²) in [6.07, 6.45) is 9.02. The summed E-state index contributed by atoms with van der Waals surface area (Å²) in [4.78, 5) is 45.1. The molecule has 3 atom stereocenters. The van der Waals surface area contributed by atoms with E-state index >= 15 is 0 Å². The lowest BCUT2D eigenvalue weighted by molar-refractivity contribution is -0.137. The van der Waals surface area contributed by atoms with Gasteiger partial charge in [0, 0.05) is 48.8 Å². The van der Waals surface area contributed by atoms with Gasteiger partial charge in [0.05, 0.1) is 0 Å². The predicted octanol–water partition coefficient (Wildman–Crippen LogP) is 8.10. The number of likely N-dealkylation sites (tertiary alicyclic amines) is 1. The molecule has 4 aliphatic heterocycles. The Bertz CT molecular complexity index is 2190. The lowest BCUT2D eigenvalue weighted by Crippen LogP contribution is -2.49. The minimum atomic E-state index is -0.435. The van der Waals surface area contributed by atoms with Gasteiger partial charge < -0.3 is 25.1 Å². The van der Waals surface area contributed by atoms with Gasteiger partial charge in [0.2, 0.25) is 11.8 Å². The van der Waals surface area contributed by atoms with Gasteiger partial charge in [0.15, 0.2) is 0 Å². The van der Waals surface area contributed by atoms with Crippen molar-refractivity contribution in [3.8, 4) is 5.75 Å². The van der Waals surface area contributed by atoms with E-state index in [2.05, 4.69) is 90.4 Å². The van der Waals surface area contributed by atoms with E-state index in [0.29, 0.717) is 61.7 Å². The highest BCUT2D eigenvalue weighted by molar-refractivity contribution is 6.02. The summed E-state index contributed by atoms with van der Waals surface area (Å²) in [5, 5.41) is 12.7. The first-order valence-electron chi connectivity index (χ1n) is 21.1.